The maximum absolute atomic E-state index is 12.8. The summed E-state index contributed by atoms with van der Waals surface area (Å²) in [5.74, 6) is -0.971. The van der Waals surface area contributed by atoms with Crippen LogP contribution in [0.3, 0.4) is 0 Å². The maximum Gasteiger partial charge on any atom is 0.396 e. The van der Waals surface area contributed by atoms with Crippen LogP contribution in [0.4, 0.5) is 13.2 Å². The van der Waals surface area contributed by atoms with Crippen LogP contribution in [0, 0.1) is 0 Å². The van der Waals surface area contributed by atoms with Gasteiger partial charge in [-0.3, -0.25) is 0 Å². The number of ether oxygens (including phenoxy) is 1. The molecule has 1 unspecified atom stereocenters. The molecule has 5 heteroatoms. The molecule has 0 saturated carbocycles. The lowest BCUT2D eigenvalue weighted by Crippen LogP contribution is -2.36. The number of benzene rings is 1. The van der Waals surface area contributed by atoms with Crippen LogP contribution in [0.1, 0.15) is 17.0 Å². The smallest absolute Gasteiger partial charge is 0.396 e. The van der Waals surface area contributed by atoms with Gasteiger partial charge in [-0.25, -0.2) is 0 Å². The molecule has 1 atom stereocenters. The van der Waals surface area contributed by atoms with Gasteiger partial charge in [0.2, 0.25) is 0 Å². The average molecular weight is 231 g/mol. The highest BCUT2D eigenvalue weighted by atomic mass is 19.4. The highest BCUT2D eigenvalue weighted by Gasteiger charge is 2.42. The van der Waals surface area contributed by atoms with Crippen molar-refractivity contribution in [2.45, 2.75) is 18.6 Å². The van der Waals surface area contributed by atoms with Gasteiger partial charge in [0.05, 0.1) is 13.0 Å². The Morgan fingerprint density at radius 1 is 1.38 bits per heavy atom. The third-order valence-corrected chi connectivity index (χ3v) is 2.79. The summed E-state index contributed by atoms with van der Waals surface area (Å²) < 4.78 is 43.3. The molecule has 1 aromatic rings. The lowest BCUT2D eigenvalue weighted by molar-refractivity contribution is -0.150. The summed E-state index contributed by atoms with van der Waals surface area (Å²) in [4.78, 5) is 0. The zero-order valence-electron chi connectivity index (χ0n) is 8.77. The van der Waals surface area contributed by atoms with Crippen molar-refractivity contribution in [2.75, 3.05) is 13.7 Å². The molecule has 0 spiro atoms. The predicted molar refractivity (Wildman–Crippen MR) is 53.5 cm³/mol. The summed E-state index contributed by atoms with van der Waals surface area (Å²) >= 11 is 0. The van der Waals surface area contributed by atoms with Crippen LogP contribution in [-0.2, 0) is 6.54 Å². The van der Waals surface area contributed by atoms with Crippen LogP contribution in [-0.4, -0.2) is 19.8 Å². The van der Waals surface area contributed by atoms with Crippen LogP contribution in [0.2, 0.25) is 0 Å². The average Bonchev–Trinajstić information content (AvgIpc) is 2.26. The summed E-state index contributed by atoms with van der Waals surface area (Å²) in [6.07, 6.45) is -4.21. The molecule has 0 aromatic heterocycles. The third-order valence-electron chi connectivity index (χ3n) is 2.79. The number of methoxy groups -OCH3 is 1. The fraction of sp³-hybridized carbons (Fsp3) is 0.455. The van der Waals surface area contributed by atoms with E-state index in [0.29, 0.717) is 23.4 Å². The fourth-order valence-electron chi connectivity index (χ4n) is 1.94. The van der Waals surface area contributed by atoms with Crippen LogP contribution in [0.25, 0.3) is 0 Å². The number of nitrogens with one attached hydrogen (secondary N) is 1. The summed E-state index contributed by atoms with van der Waals surface area (Å²) in [6, 6.07) is 4.84. The Balaban J connectivity index is 2.43. The molecule has 0 radical (unpaired) electrons. The SMILES string of the molecule is COc1ccc2c(c1)C(C(F)(F)F)CNC2. The van der Waals surface area contributed by atoms with E-state index in [9.17, 15) is 13.2 Å². The molecule has 2 nitrogen and oxygen atoms in total. The second-order valence-corrected chi connectivity index (χ2v) is 3.79. The van der Waals surface area contributed by atoms with Crippen molar-refractivity contribution in [2.24, 2.45) is 0 Å². The molecular weight excluding hydrogens is 219 g/mol. The van der Waals surface area contributed by atoms with Crippen molar-refractivity contribution < 1.29 is 17.9 Å². The zero-order valence-corrected chi connectivity index (χ0v) is 8.77. The first-order chi connectivity index (χ1) is 7.52. The molecule has 2 rings (SSSR count). The fourth-order valence-corrected chi connectivity index (χ4v) is 1.94. The molecule has 1 aromatic carbocycles. The van der Waals surface area contributed by atoms with Gasteiger partial charge < -0.3 is 10.1 Å². The molecule has 1 aliphatic rings. The van der Waals surface area contributed by atoms with E-state index in [2.05, 4.69) is 5.32 Å². The molecule has 1 heterocycles. The summed E-state index contributed by atoms with van der Waals surface area (Å²) in [5, 5.41) is 2.77. The van der Waals surface area contributed by atoms with Gasteiger partial charge in [-0.1, -0.05) is 6.07 Å². The van der Waals surface area contributed by atoms with Crippen molar-refractivity contribution in [3.63, 3.8) is 0 Å². The van der Waals surface area contributed by atoms with Crippen LogP contribution < -0.4 is 10.1 Å². The van der Waals surface area contributed by atoms with Gasteiger partial charge in [0.25, 0.3) is 0 Å². The summed E-state index contributed by atoms with van der Waals surface area (Å²) in [7, 11) is 1.45. The Bertz CT molecular complexity index is 389. The molecule has 1 N–H and O–H groups in total. The summed E-state index contributed by atoms with van der Waals surface area (Å²) in [5.41, 5.74) is 1.01. The van der Waals surface area contributed by atoms with Gasteiger partial charge in [0.15, 0.2) is 0 Å². The number of alkyl halides is 3. The Kier molecular flexibility index (Phi) is 2.80. The lowest BCUT2D eigenvalue weighted by atomic mass is 9.90. The van der Waals surface area contributed by atoms with Crippen molar-refractivity contribution in [3.8, 4) is 5.75 Å². The Morgan fingerprint density at radius 2 is 2.12 bits per heavy atom. The van der Waals surface area contributed by atoms with Crippen LogP contribution in [0.15, 0.2) is 18.2 Å². The molecular formula is C11H12F3NO. The van der Waals surface area contributed by atoms with Gasteiger partial charge in [0, 0.05) is 13.1 Å². The van der Waals surface area contributed by atoms with E-state index >= 15 is 0 Å². The van der Waals surface area contributed by atoms with Crippen molar-refractivity contribution in [3.05, 3.63) is 29.3 Å². The highest BCUT2D eigenvalue weighted by Crippen LogP contribution is 2.39. The number of hydrogen-bond donors (Lipinski definition) is 1. The van der Waals surface area contributed by atoms with Crippen molar-refractivity contribution in [1.29, 1.82) is 0 Å². The molecule has 88 valence electrons. The molecule has 0 saturated heterocycles. The Labute approximate surface area is 91.4 Å². The maximum atomic E-state index is 12.8. The second kappa shape index (κ2) is 3.97. The standard InChI is InChI=1S/C11H12F3NO/c1-16-8-3-2-7-5-15-6-10(9(7)4-8)11(12,13)14/h2-4,10,15H,5-6H2,1H3. The molecule has 0 fully saturated rings. The summed E-state index contributed by atoms with van der Waals surface area (Å²) in [6.45, 7) is 0.412. The minimum Gasteiger partial charge on any atom is -0.497 e. The molecule has 0 bridgehead atoms. The molecule has 16 heavy (non-hydrogen) atoms. The largest absolute Gasteiger partial charge is 0.497 e. The first-order valence-corrected chi connectivity index (χ1v) is 4.96. The van der Waals surface area contributed by atoms with E-state index in [-0.39, 0.29) is 6.54 Å². The van der Waals surface area contributed by atoms with Crippen molar-refractivity contribution in [1.82, 2.24) is 5.32 Å². The number of halogens is 3. The quantitative estimate of drug-likeness (QED) is 0.801. The van der Waals surface area contributed by atoms with Gasteiger partial charge in [0.1, 0.15) is 5.75 Å². The van der Waals surface area contributed by atoms with E-state index in [1.165, 1.54) is 13.2 Å². The Morgan fingerprint density at radius 3 is 2.75 bits per heavy atom. The van der Waals surface area contributed by atoms with Crippen LogP contribution >= 0.6 is 0 Å². The highest BCUT2D eigenvalue weighted by molar-refractivity contribution is 5.40. The topological polar surface area (TPSA) is 21.3 Å². The van der Waals surface area contributed by atoms with E-state index < -0.39 is 12.1 Å². The lowest BCUT2D eigenvalue weighted by Gasteiger charge is -2.28. The molecule has 1 aliphatic heterocycles. The van der Waals surface area contributed by atoms with E-state index in [1.807, 2.05) is 0 Å². The Hall–Kier alpha value is -1.23. The molecule has 0 amide bonds. The third kappa shape index (κ3) is 2.00. The predicted octanol–water partition coefficient (Wildman–Crippen LogP) is 2.44. The number of rotatable bonds is 1. The first kappa shape index (κ1) is 11.3. The zero-order chi connectivity index (χ0) is 11.8. The van der Waals surface area contributed by atoms with Gasteiger partial charge >= 0.3 is 6.18 Å². The minimum atomic E-state index is -4.21. The van der Waals surface area contributed by atoms with Gasteiger partial charge in [-0.15, -0.1) is 0 Å². The molecule has 0 aliphatic carbocycles. The first-order valence-electron chi connectivity index (χ1n) is 4.96. The van der Waals surface area contributed by atoms with E-state index in [1.54, 1.807) is 12.1 Å². The van der Waals surface area contributed by atoms with Crippen molar-refractivity contribution >= 4 is 0 Å². The monoisotopic (exact) mass is 231 g/mol. The van der Waals surface area contributed by atoms with E-state index in [4.69, 9.17) is 4.74 Å². The van der Waals surface area contributed by atoms with Gasteiger partial charge in [-0.05, 0) is 23.3 Å². The normalized spacial score (nSPS) is 20.4. The number of hydrogen-bond acceptors (Lipinski definition) is 2. The second-order valence-electron chi connectivity index (χ2n) is 3.79. The van der Waals surface area contributed by atoms with Gasteiger partial charge in [-0.2, -0.15) is 13.2 Å². The van der Waals surface area contributed by atoms with E-state index in [0.717, 1.165) is 0 Å². The minimum absolute atomic E-state index is 0.0658. The van der Waals surface area contributed by atoms with Crippen LogP contribution in [0.5, 0.6) is 5.75 Å². The number of fused-ring (bicyclic) bond motifs is 1.